The molecule has 3 rings (SSSR count). The van der Waals surface area contributed by atoms with Gasteiger partial charge in [-0.2, -0.15) is 0 Å². The zero-order chi connectivity index (χ0) is 17.8. The van der Waals surface area contributed by atoms with E-state index in [2.05, 4.69) is 15.5 Å². The van der Waals surface area contributed by atoms with Crippen LogP contribution in [0.4, 0.5) is 10.1 Å². The number of hydrogen-bond acceptors (Lipinski definition) is 5. The van der Waals surface area contributed by atoms with Gasteiger partial charge in [-0.1, -0.05) is 11.6 Å². The SMILES string of the molecule is C[C@H](Oc1ccc(-c2nnco2)cc1)C(=O)Nc1ccc(F)cc1Cl. The number of halogens is 2. The maximum absolute atomic E-state index is 13.0. The highest BCUT2D eigenvalue weighted by Gasteiger charge is 2.16. The van der Waals surface area contributed by atoms with Gasteiger partial charge in [0.15, 0.2) is 6.10 Å². The second-order valence-corrected chi connectivity index (χ2v) is 5.55. The largest absolute Gasteiger partial charge is 0.481 e. The fraction of sp³-hybridized carbons (Fsp3) is 0.118. The van der Waals surface area contributed by atoms with E-state index >= 15 is 0 Å². The molecule has 1 heterocycles. The summed E-state index contributed by atoms with van der Waals surface area (Å²) in [7, 11) is 0. The van der Waals surface area contributed by atoms with Crippen LogP contribution in [-0.2, 0) is 4.79 Å². The van der Waals surface area contributed by atoms with Gasteiger partial charge in [0.1, 0.15) is 11.6 Å². The number of carbonyl (C=O) groups excluding carboxylic acids is 1. The maximum atomic E-state index is 13.0. The van der Waals surface area contributed by atoms with E-state index in [0.717, 1.165) is 11.6 Å². The quantitative estimate of drug-likeness (QED) is 0.744. The molecule has 1 atom stereocenters. The topological polar surface area (TPSA) is 77.2 Å². The van der Waals surface area contributed by atoms with Crippen LogP contribution in [0.2, 0.25) is 5.02 Å². The predicted octanol–water partition coefficient (Wildman–Crippen LogP) is 3.94. The van der Waals surface area contributed by atoms with E-state index in [4.69, 9.17) is 20.8 Å². The van der Waals surface area contributed by atoms with Crippen molar-refractivity contribution in [2.24, 2.45) is 0 Å². The Kier molecular flexibility index (Phi) is 4.95. The van der Waals surface area contributed by atoms with E-state index in [1.807, 2.05) is 0 Å². The molecule has 0 spiro atoms. The number of anilines is 1. The van der Waals surface area contributed by atoms with Crippen LogP contribution in [0.25, 0.3) is 11.5 Å². The first-order valence-electron chi connectivity index (χ1n) is 7.32. The molecule has 8 heteroatoms. The smallest absolute Gasteiger partial charge is 0.265 e. The van der Waals surface area contributed by atoms with Crippen LogP contribution < -0.4 is 10.1 Å². The lowest BCUT2D eigenvalue weighted by atomic mass is 10.2. The lowest BCUT2D eigenvalue weighted by molar-refractivity contribution is -0.122. The Labute approximate surface area is 147 Å². The summed E-state index contributed by atoms with van der Waals surface area (Å²) in [4.78, 5) is 12.2. The predicted molar refractivity (Wildman–Crippen MR) is 89.9 cm³/mol. The molecule has 0 saturated heterocycles. The molecule has 1 aromatic heterocycles. The first-order chi connectivity index (χ1) is 12.0. The number of benzene rings is 2. The molecule has 0 aliphatic rings. The van der Waals surface area contributed by atoms with E-state index in [-0.39, 0.29) is 5.02 Å². The summed E-state index contributed by atoms with van der Waals surface area (Å²) < 4.78 is 23.7. The molecule has 0 unspecified atom stereocenters. The third-order valence-corrected chi connectivity index (χ3v) is 3.65. The van der Waals surface area contributed by atoms with Crippen molar-refractivity contribution < 1.29 is 18.3 Å². The summed E-state index contributed by atoms with van der Waals surface area (Å²) in [5.41, 5.74) is 1.05. The van der Waals surface area contributed by atoms with Crippen LogP contribution in [0, 0.1) is 5.82 Å². The number of aromatic nitrogens is 2. The minimum atomic E-state index is -0.782. The van der Waals surface area contributed by atoms with Crippen LogP contribution >= 0.6 is 11.6 Å². The highest BCUT2D eigenvalue weighted by molar-refractivity contribution is 6.33. The summed E-state index contributed by atoms with van der Waals surface area (Å²) in [5.74, 6) is 0.00234. The van der Waals surface area contributed by atoms with Gasteiger partial charge in [-0.3, -0.25) is 4.79 Å². The van der Waals surface area contributed by atoms with Crippen molar-refractivity contribution in [1.29, 1.82) is 0 Å². The van der Waals surface area contributed by atoms with Crippen LogP contribution in [0.5, 0.6) is 5.75 Å². The average molecular weight is 362 g/mol. The maximum Gasteiger partial charge on any atom is 0.265 e. The van der Waals surface area contributed by atoms with E-state index in [1.165, 1.54) is 18.5 Å². The molecular formula is C17H13ClFN3O3. The summed E-state index contributed by atoms with van der Waals surface area (Å²) in [6.07, 6.45) is 0.461. The fourth-order valence-corrected chi connectivity index (χ4v) is 2.27. The molecule has 6 nitrogen and oxygen atoms in total. The Hall–Kier alpha value is -2.93. The zero-order valence-electron chi connectivity index (χ0n) is 13.1. The van der Waals surface area contributed by atoms with Crippen molar-refractivity contribution in [3.63, 3.8) is 0 Å². The second-order valence-electron chi connectivity index (χ2n) is 5.14. The van der Waals surface area contributed by atoms with Gasteiger partial charge in [0, 0.05) is 5.56 Å². The van der Waals surface area contributed by atoms with Crippen LogP contribution in [0.15, 0.2) is 53.3 Å². The molecule has 128 valence electrons. The minimum Gasteiger partial charge on any atom is -0.481 e. The highest BCUT2D eigenvalue weighted by atomic mass is 35.5. The van der Waals surface area contributed by atoms with Gasteiger partial charge in [-0.25, -0.2) is 4.39 Å². The van der Waals surface area contributed by atoms with Gasteiger partial charge < -0.3 is 14.5 Å². The van der Waals surface area contributed by atoms with Gasteiger partial charge in [0.05, 0.1) is 10.7 Å². The normalized spacial score (nSPS) is 11.8. The van der Waals surface area contributed by atoms with Gasteiger partial charge in [0.2, 0.25) is 12.3 Å². The third kappa shape index (κ3) is 4.13. The lowest BCUT2D eigenvalue weighted by Crippen LogP contribution is -2.30. The van der Waals surface area contributed by atoms with Crippen molar-refractivity contribution in [2.45, 2.75) is 13.0 Å². The summed E-state index contributed by atoms with van der Waals surface area (Å²) in [6, 6.07) is 10.6. The number of nitrogens with zero attached hydrogens (tertiary/aromatic N) is 2. The molecular weight excluding hydrogens is 349 g/mol. The minimum absolute atomic E-state index is 0.115. The summed E-state index contributed by atoms with van der Waals surface area (Å²) in [5, 5.41) is 10.1. The Bertz CT molecular complexity index is 869. The van der Waals surface area contributed by atoms with E-state index in [9.17, 15) is 9.18 Å². The Morgan fingerprint density at radius 2 is 2.04 bits per heavy atom. The van der Waals surface area contributed by atoms with Crippen molar-refractivity contribution in [3.8, 4) is 17.2 Å². The van der Waals surface area contributed by atoms with Crippen LogP contribution in [-0.4, -0.2) is 22.2 Å². The van der Waals surface area contributed by atoms with Crippen molar-refractivity contribution in [1.82, 2.24) is 10.2 Å². The van der Waals surface area contributed by atoms with Gasteiger partial charge in [0.25, 0.3) is 5.91 Å². The molecule has 1 amide bonds. The van der Waals surface area contributed by atoms with Gasteiger partial charge in [-0.15, -0.1) is 10.2 Å². The molecule has 0 fully saturated rings. The van der Waals surface area contributed by atoms with Gasteiger partial charge >= 0.3 is 0 Å². The molecule has 0 aliphatic heterocycles. The Morgan fingerprint density at radius 1 is 1.28 bits per heavy atom. The Morgan fingerprint density at radius 3 is 2.68 bits per heavy atom. The van der Waals surface area contributed by atoms with Crippen molar-refractivity contribution >= 4 is 23.2 Å². The second kappa shape index (κ2) is 7.31. The standard InChI is InChI=1S/C17H13ClFN3O3/c1-10(16(23)21-15-7-4-12(19)8-14(15)18)25-13-5-2-11(3-6-13)17-22-20-9-24-17/h2-10H,1H3,(H,21,23)/t10-/m0/s1. The third-order valence-electron chi connectivity index (χ3n) is 3.33. The molecule has 3 aromatic rings. The van der Waals surface area contributed by atoms with E-state index in [0.29, 0.717) is 17.3 Å². The first-order valence-corrected chi connectivity index (χ1v) is 7.70. The lowest BCUT2D eigenvalue weighted by Gasteiger charge is -2.15. The van der Waals surface area contributed by atoms with Crippen molar-refractivity contribution in [3.05, 3.63) is 59.7 Å². The van der Waals surface area contributed by atoms with Crippen molar-refractivity contribution in [2.75, 3.05) is 5.32 Å². The number of hydrogen-bond donors (Lipinski definition) is 1. The molecule has 0 bridgehead atoms. The molecule has 25 heavy (non-hydrogen) atoms. The molecule has 1 N–H and O–H groups in total. The first kappa shape index (κ1) is 16.9. The number of rotatable bonds is 5. The fourth-order valence-electron chi connectivity index (χ4n) is 2.06. The average Bonchev–Trinajstić information content (AvgIpc) is 3.12. The molecule has 2 aromatic carbocycles. The zero-order valence-corrected chi connectivity index (χ0v) is 13.8. The van der Waals surface area contributed by atoms with E-state index in [1.54, 1.807) is 31.2 Å². The molecule has 0 radical (unpaired) electrons. The van der Waals surface area contributed by atoms with Crippen LogP contribution in [0.1, 0.15) is 6.92 Å². The van der Waals surface area contributed by atoms with Crippen LogP contribution in [0.3, 0.4) is 0 Å². The number of amides is 1. The monoisotopic (exact) mass is 361 g/mol. The number of nitrogens with one attached hydrogen (secondary N) is 1. The number of ether oxygens (including phenoxy) is 1. The summed E-state index contributed by atoms with van der Waals surface area (Å²) in [6.45, 7) is 1.60. The molecule has 0 aliphatic carbocycles. The van der Waals surface area contributed by atoms with Gasteiger partial charge in [-0.05, 0) is 49.4 Å². The Balaban J connectivity index is 1.63. The highest BCUT2D eigenvalue weighted by Crippen LogP contribution is 2.24. The van der Waals surface area contributed by atoms with E-state index < -0.39 is 17.8 Å². The number of carbonyl (C=O) groups is 1. The molecule has 0 saturated carbocycles. The summed E-state index contributed by atoms with van der Waals surface area (Å²) >= 11 is 5.89.